The quantitative estimate of drug-likeness (QED) is 0.786. The summed E-state index contributed by atoms with van der Waals surface area (Å²) in [5.41, 5.74) is 2.24. The first-order valence-corrected chi connectivity index (χ1v) is 6.46. The second-order valence-electron chi connectivity index (χ2n) is 4.86. The standard InChI is InChI=1S/C16H15NO2/c1-11-10-17-8-7-15(11)16(18)12-3-2-4-14(9-12)19-13-5-6-13/h2-4,7-10,13H,5-6H2,1H3. The molecule has 1 aromatic heterocycles. The van der Waals surface area contributed by atoms with Crippen molar-refractivity contribution >= 4 is 5.78 Å². The van der Waals surface area contributed by atoms with Crippen LogP contribution in [0.1, 0.15) is 34.3 Å². The van der Waals surface area contributed by atoms with Gasteiger partial charge < -0.3 is 4.74 Å². The summed E-state index contributed by atoms with van der Waals surface area (Å²) in [4.78, 5) is 16.4. The smallest absolute Gasteiger partial charge is 0.193 e. The first kappa shape index (κ1) is 11.9. The number of rotatable bonds is 4. The van der Waals surface area contributed by atoms with Gasteiger partial charge in [0, 0.05) is 23.5 Å². The monoisotopic (exact) mass is 253 g/mol. The average molecular weight is 253 g/mol. The predicted octanol–water partition coefficient (Wildman–Crippen LogP) is 3.16. The van der Waals surface area contributed by atoms with E-state index in [0.29, 0.717) is 17.2 Å². The molecule has 19 heavy (non-hydrogen) atoms. The predicted molar refractivity (Wildman–Crippen MR) is 72.5 cm³/mol. The highest BCUT2D eigenvalue weighted by atomic mass is 16.5. The molecule has 0 aliphatic heterocycles. The number of hydrogen-bond donors (Lipinski definition) is 0. The number of aryl methyl sites for hydroxylation is 1. The molecule has 0 N–H and O–H groups in total. The van der Waals surface area contributed by atoms with Gasteiger partial charge in [-0.2, -0.15) is 0 Å². The number of nitrogens with zero attached hydrogens (tertiary/aromatic N) is 1. The third kappa shape index (κ3) is 2.65. The van der Waals surface area contributed by atoms with Crippen LogP contribution in [0.15, 0.2) is 42.7 Å². The molecule has 1 saturated carbocycles. The number of ether oxygens (including phenoxy) is 1. The average Bonchev–Trinajstić information content (AvgIpc) is 3.23. The van der Waals surface area contributed by atoms with Crippen LogP contribution in [0.4, 0.5) is 0 Å². The van der Waals surface area contributed by atoms with E-state index in [4.69, 9.17) is 4.74 Å². The van der Waals surface area contributed by atoms with Gasteiger partial charge in [-0.15, -0.1) is 0 Å². The Balaban J connectivity index is 1.88. The molecular formula is C16H15NO2. The molecule has 0 atom stereocenters. The van der Waals surface area contributed by atoms with Crippen molar-refractivity contribution in [1.29, 1.82) is 0 Å². The molecule has 0 spiro atoms. The normalized spacial score (nSPS) is 14.2. The SMILES string of the molecule is Cc1cnccc1C(=O)c1cccc(OC2CC2)c1. The van der Waals surface area contributed by atoms with Gasteiger partial charge in [-0.1, -0.05) is 12.1 Å². The van der Waals surface area contributed by atoms with Crippen LogP contribution in [-0.2, 0) is 0 Å². The summed E-state index contributed by atoms with van der Waals surface area (Å²) in [6, 6.07) is 9.16. The van der Waals surface area contributed by atoms with Crippen molar-refractivity contribution < 1.29 is 9.53 Å². The molecule has 3 heteroatoms. The van der Waals surface area contributed by atoms with E-state index in [0.717, 1.165) is 24.2 Å². The molecule has 0 amide bonds. The first-order chi connectivity index (χ1) is 9.24. The summed E-state index contributed by atoms with van der Waals surface area (Å²) in [7, 11) is 0. The number of benzene rings is 1. The minimum absolute atomic E-state index is 0.0150. The Morgan fingerprint density at radius 1 is 1.32 bits per heavy atom. The van der Waals surface area contributed by atoms with Gasteiger partial charge in [0.05, 0.1) is 6.10 Å². The minimum Gasteiger partial charge on any atom is -0.490 e. The molecule has 3 rings (SSSR count). The summed E-state index contributed by atoms with van der Waals surface area (Å²) in [6.45, 7) is 1.89. The summed E-state index contributed by atoms with van der Waals surface area (Å²) in [6.07, 6.45) is 5.92. The third-order valence-corrected chi connectivity index (χ3v) is 3.19. The lowest BCUT2D eigenvalue weighted by atomic mass is 10.0. The van der Waals surface area contributed by atoms with Gasteiger partial charge in [0.15, 0.2) is 5.78 Å². The zero-order chi connectivity index (χ0) is 13.2. The molecule has 1 aromatic carbocycles. The van der Waals surface area contributed by atoms with E-state index in [-0.39, 0.29) is 5.78 Å². The molecular weight excluding hydrogens is 238 g/mol. The molecule has 0 bridgehead atoms. The number of ketones is 1. The number of carbonyl (C=O) groups is 1. The van der Waals surface area contributed by atoms with E-state index in [2.05, 4.69) is 4.98 Å². The highest BCUT2D eigenvalue weighted by Gasteiger charge is 2.23. The van der Waals surface area contributed by atoms with Crippen molar-refractivity contribution in [3.8, 4) is 5.75 Å². The van der Waals surface area contributed by atoms with Crippen molar-refractivity contribution in [2.75, 3.05) is 0 Å². The second kappa shape index (κ2) is 4.84. The van der Waals surface area contributed by atoms with Gasteiger partial charge in [-0.25, -0.2) is 0 Å². The Kier molecular flexibility index (Phi) is 3.03. The molecule has 1 aliphatic carbocycles. The van der Waals surface area contributed by atoms with Crippen molar-refractivity contribution in [2.45, 2.75) is 25.9 Å². The van der Waals surface area contributed by atoms with Gasteiger partial charge in [0.2, 0.25) is 0 Å². The zero-order valence-electron chi connectivity index (χ0n) is 10.8. The molecule has 0 unspecified atom stereocenters. The number of hydrogen-bond acceptors (Lipinski definition) is 3. The first-order valence-electron chi connectivity index (χ1n) is 6.46. The molecule has 3 nitrogen and oxygen atoms in total. The Morgan fingerprint density at radius 3 is 2.89 bits per heavy atom. The van der Waals surface area contributed by atoms with Gasteiger partial charge in [-0.05, 0) is 43.5 Å². The van der Waals surface area contributed by atoms with Crippen LogP contribution in [0.3, 0.4) is 0 Å². The van der Waals surface area contributed by atoms with E-state index < -0.39 is 0 Å². The Morgan fingerprint density at radius 2 is 2.16 bits per heavy atom. The maximum Gasteiger partial charge on any atom is 0.193 e. The van der Waals surface area contributed by atoms with Crippen LogP contribution in [-0.4, -0.2) is 16.9 Å². The number of pyridine rings is 1. The fraction of sp³-hybridized carbons (Fsp3) is 0.250. The van der Waals surface area contributed by atoms with Crippen LogP contribution >= 0.6 is 0 Å². The van der Waals surface area contributed by atoms with Gasteiger partial charge in [0.1, 0.15) is 5.75 Å². The maximum atomic E-state index is 12.4. The van der Waals surface area contributed by atoms with Crippen LogP contribution in [0, 0.1) is 6.92 Å². The summed E-state index contributed by atoms with van der Waals surface area (Å²) in [5, 5.41) is 0. The number of aromatic nitrogens is 1. The molecule has 96 valence electrons. The fourth-order valence-electron chi connectivity index (χ4n) is 1.97. The lowest BCUT2D eigenvalue weighted by Crippen LogP contribution is -2.05. The minimum atomic E-state index is 0.0150. The van der Waals surface area contributed by atoms with Crippen molar-refractivity contribution in [2.24, 2.45) is 0 Å². The molecule has 1 heterocycles. The molecule has 1 fully saturated rings. The third-order valence-electron chi connectivity index (χ3n) is 3.19. The largest absolute Gasteiger partial charge is 0.490 e. The Bertz CT molecular complexity index is 618. The van der Waals surface area contributed by atoms with Gasteiger partial charge >= 0.3 is 0 Å². The van der Waals surface area contributed by atoms with E-state index in [1.54, 1.807) is 18.5 Å². The van der Waals surface area contributed by atoms with E-state index in [9.17, 15) is 4.79 Å². The lowest BCUT2D eigenvalue weighted by Gasteiger charge is -2.07. The van der Waals surface area contributed by atoms with Crippen molar-refractivity contribution in [3.05, 3.63) is 59.4 Å². The Labute approximate surface area is 112 Å². The molecule has 2 aromatic rings. The molecule has 1 aliphatic rings. The summed E-state index contributed by atoms with van der Waals surface area (Å²) >= 11 is 0. The van der Waals surface area contributed by atoms with Crippen molar-refractivity contribution in [3.63, 3.8) is 0 Å². The molecule has 0 saturated heterocycles. The van der Waals surface area contributed by atoms with Crippen LogP contribution in [0.5, 0.6) is 5.75 Å². The fourth-order valence-corrected chi connectivity index (χ4v) is 1.97. The topological polar surface area (TPSA) is 39.2 Å². The highest BCUT2D eigenvalue weighted by molar-refractivity contribution is 6.09. The zero-order valence-corrected chi connectivity index (χ0v) is 10.8. The Hall–Kier alpha value is -2.16. The summed E-state index contributed by atoms with van der Waals surface area (Å²) in [5.74, 6) is 0.793. The van der Waals surface area contributed by atoms with Crippen LogP contribution in [0.25, 0.3) is 0 Å². The number of carbonyl (C=O) groups excluding carboxylic acids is 1. The summed E-state index contributed by atoms with van der Waals surface area (Å²) < 4.78 is 5.72. The highest BCUT2D eigenvalue weighted by Crippen LogP contribution is 2.27. The van der Waals surface area contributed by atoms with E-state index in [1.165, 1.54) is 0 Å². The van der Waals surface area contributed by atoms with E-state index in [1.807, 2.05) is 31.2 Å². The van der Waals surface area contributed by atoms with Gasteiger partial charge in [-0.3, -0.25) is 9.78 Å². The second-order valence-corrected chi connectivity index (χ2v) is 4.86. The van der Waals surface area contributed by atoms with Gasteiger partial charge in [0.25, 0.3) is 0 Å². The maximum absolute atomic E-state index is 12.4. The van der Waals surface area contributed by atoms with E-state index >= 15 is 0 Å². The van der Waals surface area contributed by atoms with Crippen LogP contribution < -0.4 is 4.74 Å². The van der Waals surface area contributed by atoms with Crippen LogP contribution in [0.2, 0.25) is 0 Å². The molecule has 0 radical (unpaired) electrons. The lowest BCUT2D eigenvalue weighted by molar-refractivity contribution is 0.103. The van der Waals surface area contributed by atoms with Crippen molar-refractivity contribution in [1.82, 2.24) is 4.98 Å².